The molecular weight excluding hydrogens is 262 g/mol. The van der Waals surface area contributed by atoms with E-state index in [2.05, 4.69) is 31.3 Å². The molecule has 0 saturated heterocycles. The molecule has 1 atom stereocenters. The number of benzene rings is 2. The van der Waals surface area contributed by atoms with Crippen LogP contribution in [0.1, 0.15) is 31.7 Å². The highest BCUT2D eigenvalue weighted by molar-refractivity contribution is 5.91. The van der Waals surface area contributed by atoms with Crippen molar-refractivity contribution in [2.45, 2.75) is 26.2 Å². The average molecular weight is 283 g/mol. The van der Waals surface area contributed by atoms with Gasteiger partial charge < -0.3 is 10.1 Å². The van der Waals surface area contributed by atoms with Crippen LogP contribution in [0.3, 0.4) is 0 Å². The van der Waals surface area contributed by atoms with Gasteiger partial charge in [-0.15, -0.1) is 0 Å². The third kappa shape index (κ3) is 4.63. The smallest absolute Gasteiger partial charge is 0.262 e. The van der Waals surface area contributed by atoms with Crippen molar-refractivity contribution in [3.05, 3.63) is 60.2 Å². The van der Waals surface area contributed by atoms with E-state index in [0.717, 1.165) is 12.1 Å². The van der Waals surface area contributed by atoms with Crippen LogP contribution in [-0.4, -0.2) is 12.5 Å². The molecule has 0 aliphatic carbocycles. The van der Waals surface area contributed by atoms with E-state index in [4.69, 9.17) is 4.74 Å². The molecule has 0 heterocycles. The van der Waals surface area contributed by atoms with E-state index in [1.54, 1.807) is 0 Å². The van der Waals surface area contributed by atoms with E-state index in [1.165, 1.54) is 5.56 Å². The summed E-state index contributed by atoms with van der Waals surface area (Å²) in [7, 11) is 0. The summed E-state index contributed by atoms with van der Waals surface area (Å²) in [5, 5.41) is 2.83. The molecule has 0 fully saturated rings. The van der Waals surface area contributed by atoms with Gasteiger partial charge in [-0.25, -0.2) is 0 Å². The van der Waals surface area contributed by atoms with Gasteiger partial charge >= 0.3 is 0 Å². The summed E-state index contributed by atoms with van der Waals surface area (Å²) < 4.78 is 5.41. The van der Waals surface area contributed by atoms with Gasteiger partial charge in [-0.2, -0.15) is 0 Å². The first kappa shape index (κ1) is 15.1. The summed E-state index contributed by atoms with van der Waals surface area (Å²) in [6.45, 7) is 4.37. The Morgan fingerprint density at radius 2 is 1.76 bits per heavy atom. The zero-order chi connectivity index (χ0) is 15.1. The van der Waals surface area contributed by atoms with Gasteiger partial charge in [0.1, 0.15) is 5.75 Å². The minimum Gasteiger partial charge on any atom is -0.484 e. The standard InChI is InChI=1S/C18H21NO2/c1-3-14(2)15-9-11-16(12-10-15)19-18(20)13-21-17-7-5-4-6-8-17/h4-12,14H,3,13H2,1-2H3,(H,19,20). The molecule has 0 saturated carbocycles. The van der Waals surface area contributed by atoms with Gasteiger partial charge in [0.2, 0.25) is 0 Å². The first-order chi connectivity index (χ1) is 10.2. The van der Waals surface area contributed by atoms with Crippen molar-refractivity contribution in [3.8, 4) is 5.75 Å². The Bertz CT molecular complexity index is 564. The summed E-state index contributed by atoms with van der Waals surface area (Å²) in [4.78, 5) is 11.8. The van der Waals surface area contributed by atoms with Crippen molar-refractivity contribution in [1.82, 2.24) is 0 Å². The first-order valence-electron chi connectivity index (χ1n) is 7.26. The molecule has 1 amide bonds. The van der Waals surface area contributed by atoms with Crippen LogP contribution in [-0.2, 0) is 4.79 Å². The van der Waals surface area contributed by atoms with E-state index in [-0.39, 0.29) is 12.5 Å². The highest BCUT2D eigenvalue weighted by Gasteiger charge is 2.05. The second kappa shape index (κ2) is 7.48. The number of para-hydroxylation sites is 1. The number of anilines is 1. The van der Waals surface area contributed by atoms with Crippen LogP contribution in [0, 0.1) is 0 Å². The molecular formula is C18H21NO2. The van der Waals surface area contributed by atoms with E-state index < -0.39 is 0 Å². The van der Waals surface area contributed by atoms with Crippen LogP contribution < -0.4 is 10.1 Å². The van der Waals surface area contributed by atoms with Crippen LogP contribution in [0.2, 0.25) is 0 Å². The number of hydrogen-bond donors (Lipinski definition) is 1. The molecule has 21 heavy (non-hydrogen) atoms. The first-order valence-corrected chi connectivity index (χ1v) is 7.26. The average Bonchev–Trinajstić information content (AvgIpc) is 2.54. The lowest BCUT2D eigenvalue weighted by Gasteiger charge is -2.11. The number of carbonyl (C=O) groups is 1. The lowest BCUT2D eigenvalue weighted by atomic mass is 9.99. The number of rotatable bonds is 6. The summed E-state index contributed by atoms with van der Waals surface area (Å²) in [5.74, 6) is 1.08. The monoisotopic (exact) mass is 283 g/mol. The van der Waals surface area contributed by atoms with Gasteiger partial charge in [-0.3, -0.25) is 4.79 Å². The maximum Gasteiger partial charge on any atom is 0.262 e. The molecule has 0 bridgehead atoms. The minimum atomic E-state index is -0.157. The Morgan fingerprint density at radius 3 is 2.38 bits per heavy atom. The van der Waals surface area contributed by atoms with Crippen molar-refractivity contribution in [3.63, 3.8) is 0 Å². The van der Waals surface area contributed by atoms with Gasteiger partial charge in [0.25, 0.3) is 5.91 Å². The van der Waals surface area contributed by atoms with Crippen molar-refractivity contribution in [1.29, 1.82) is 0 Å². The van der Waals surface area contributed by atoms with E-state index in [1.807, 2.05) is 42.5 Å². The SMILES string of the molecule is CCC(C)c1ccc(NC(=O)COc2ccccc2)cc1. The normalized spacial score (nSPS) is 11.7. The fourth-order valence-electron chi connectivity index (χ4n) is 1.99. The van der Waals surface area contributed by atoms with Crippen LogP contribution in [0.25, 0.3) is 0 Å². The molecule has 0 aromatic heterocycles. The van der Waals surface area contributed by atoms with Crippen molar-refractivity contribution in [2.75, 3.05) is 11.9 Å². The second-order valence-electron chi connectivity index (χ2n) is 5.08. The maximum atomic E-state index is 11.8. The Morgan fingerprint density at radius 1 is 1.10 bits per heavy atom. The van der Waals surface area contributed by atoms with Gasteiger partial charge in [-0.1, -0.05) is 44.2 Å². The third-order valence-electron chi connectivity index (χ3n) is 3.49. The number of nitrogens with one attached hydrogen (secondary N) is 1. The van der Waals surface area contributed by atoms with Crippen molar-refractivity contribution in [2.24, 2.45) is 0 Å². The van der Waals surface area contributed by atoms with Gasteiger partial charge in [-0.05, 0) is 42.2 Å². The molecule has 2 aromatic rings. The maximum absolute atomic E-state index is 11.8. The van der Waals surface area contributed by atoms with Gasteiger partial charge in [0.15, 0.2) is 6.61 Å². The minimum absolute atomic E-state index is 0.0110. The number of hydrogen-bond acceptors (Lipinski definition) is 2. The fourth-order valence-corrected chi connectivity index (χ4v) is 1.99. The van der Waals surface area contributed by atoms with E-state index >= 15 is 0 Å². The van der Waals surface area contributed by atoms with Crippen molar-refractivity contribution < 1.29 is 9.53 Å². The summed E-state index contributed by atoms with van der Waals surface area (Å²) in [6, 6.07) is 17.3. The highest BCUT2D eigenvalue weighted by atomic mass is 16.5. The Labute approximate surface area is 126 Å². The fraction of sp³-hybridized carbons (Fsp3) is 0.278. The van der Waals surface area contributed by atoms with Gasteiger partial charge in [0, 0.05) is 5.69 Å². The molecule has 3 heteroatoms. The Kier molecular flexibility index (Phi) is 5.38. The second-order valence-corrected chi connectivity index (χ2v) is 5.08. The van der Waals surface area contributed by atoms with Crippen LogP contribution in [0.4, 0.5) is 5.69 Å². The number of carbonyl (C=O) groups excluding carboxylic acids is 1. The Hall–Kier alpha value is -2.29. The van der Waals surface area contributed by atoms with Crippen LogP contribution >= 0.6 is 0 Å². The molecule has 1 N–H and O–H groups in total. The molecule has 0 spiro atoms. The van der Waals surface area contributed by atoms with Gasteiger partial charge in [0.05, 0.1) is 0 Å². The summed E-state index contributed by atoms with van der Waals surface area (Å²) in [6.07, 6.45) is 1.11. The number of ether oxygens (including phenoxy) is 1. The largest absolute Gasteiger partial charge is 0.484 e. The summed E-state index contributed by atoms with van der Waals surface area (Å²) in [5.41, 5.74) is 2.08. The molecule has 1 unspecified atom stereocenters. The summed E-state index contributed by atoms with van der Waals surface area (Å²) >= 11 is 0. The molecule has 0 radical (unpaired) electrons. The molecule has 2 aromatic carbocycles. The predicted molar refractivity (Wildman–Crippen MR) is 85.7 cm³/mol. The number of amides is 1. The van der Waals surface area contributed by atoms with Crippen molar-refractivity contribution >= 4 is 11.6 Å². The predicted octanol–water partition coefficient (Wildman–Crippen LogP) is 4.22. The van der Waals surface area contributed by atoms with Crippen LogP contribution in [0.5, 0.6) is 5.75 Å². The molecule has 0 aliphatic heterocycles. The van der Waals surface area contributed by atoms with E-state index in [9.17, 15) is 4.79 Å². The lowest BCUT2D eigenvalue weighted by Crippen LogP contribution is -2.20. The molecule has 0 aliphatic rings. The molecule has 110 valence electrons. The molecule has 3 nitrogen and oxygen atoms in total. The zero-order valence-electron chi connectivity index (χ0n) is 12.5. The zero-order valence-corrected chi connectivity index (χ0v) is 12.5. The Balaban J connectivity index is 1.85. The highest BCUT2D eigenvalue weighted by Crippen LogP contribution is 2.20. The quantitative estimate of drug-likeness (QED) is 0.862. The van der Waals surface area contributed by atoms with Crippen LogP contribution in [0.15, 0.2) is 54.6 Å². The third-order valence-corrected chi connectivity index (χ3v) is 3.49. The lowest BCUT2D eigenvalue weighted by molar-refractivity contribution is -0.118. The van der Waals surface area contributed by atoms with E-state index in [0.29, 0.717) is 11.7 Å². The topological polar surface area (TPSA) is 38.3 Å². The molecule has 2 rings (SSSR count).